The molecule has 0 aliphatic carbocycles. The number of carbonyl (C=O) groups excluding carboxylic acids is 1. The minimum Gasteiger partial charge on any atom is -0.481 e. The lowest BCUT2D eigenvalue weighted by atomic mass is 10.2. The standard InChI is InChI=1S/C10H11N3O7/c14-6(12-5(9(18)19)3-8(16)17)1-4-2-7(15)13-10(20)11-4/h2,5H,1,3H2,(H,12,14)(H,16,17)(H,18,19)(H2,11,13,15,20)/t5-/m0/s1. The highest BCUT2D eigenvalue weighted by molar-refractivity contribution is 5.87. The zero-order valence-corrected chi connectivity index (χ0v) is 10.0. The highest BCUT2D eigenvalue weighted by Crippen LogP contribution is 1.95. The highest BCUT2D eigenvalue weighted by Gasteiger charge is 2.23. The third kappa shape index (κ3) is 4.76. The number of aliphatic carboxylic acids is 2. The van der Waals surface area contributed by atoms with Crippen molar-refractivity contribution in [3.63, 3.8) is 0 Å². The number of H-pyrrole nitrogens is 2. The Morgan fingerprint density at radius 1 is 1.20 bits per heavy atom. The number of aromatic amines is 2. The number of nitrogens with one attached hydrogen (secondary N) is 3. The quantitative estimate of drug-likeness (QED) is 0.389. The fourth-order valence-corrected chi connectivity index (χ4v) is 1.41. The second-order valence-corrected chi connectivity index (χ2v) is 3.85. The first-order valence-electron chi connectivity index (χ1n) is 5.34. The molecule has 1 aromatic heterocycles. The lowest BCUT2D eigenvalue weighted by Gasteiger charge is -2.12. The van der Waals surface area contributed by atoms with Gasteiger partial charge in [-0.25, -0.2) is 9.59 Å². The number of hydrogen-bond acceptors (Lipinski definition) is 5. The van der Waals surface area contributed by atoms with Crippen molar-refractivity contribution in [3.8, 4) is 0 Å². The van der Waals surface area contributed by atoms with Gasteiger partial charge in [-0.05, 0) is 0 Å². The van der Waals surface area contributed by atoms with E-state index in [1.165, 1.54) is 0 Å². The maximum Gasteiger partial charge on any atom is 0.326 e. The van der Waals surface area contributed by atoms with E-state index < -0.39 is 48.0 Å². The maximum absolute atomic E-state index is 11.5. The first-order chi connectivity index (χ1) is 9.27. The largest absolute Gasteiger partial charge is 0.481 e. The van der Waals surface area contributed by atoms with Crippen molar-refractivity contribution in [1.29, 1.82) is 0 Å². The predicted molar refractivity (Wildman–Crippen MR) is 63.2 cm³/mol. The van der Waals surface area contributed by atoms with Gasteiger partial charge in [0, 0.05) is 11.8 Å². The zero-order valence-electron chi connectivity index (χ0n) is 10.0. The summed E-state index contributed by atoms with van der Waals surface area (Å²) in [5, 5.41) is 19.2. The monoisotopic (exact) mass is 285 g/mol. The Hall–Kier alpha value is -2.91. The van der Waals surface area contributed by atoms with E-state index in [0.29, 0.717) is 0 Å². The van der Waals surface area contributed by atoms with Crippen LogP contribution in [0.25, 0.3) is 0 Å². The fraction of sp³-hybridized carbons (Fsp3) is 0.300. The van der Waals surface area contributed by atoms with Gasteiger partial charge in [-0.3, -0.25) is 19.4 Å². The van der Waals surface area contributed by atoms with Crippen LogP contribution in [-0.4, -0.2) is 44.1 Å². The molecule has 1 aromatic rings. The van der Waals surface area contributed by atoms with Gasteiger partial charge in [0.2, 0.25) is 5.91 Å². The third-order valence-corrected chi connectivity index (χ3v) is 2.18. The van der Waals surface area contributed by atoms with Gasteiger partial charge in [-0.2, -0.15) is 0 Å². The summed E-state index contributed by atoms with van der Waals surface area (Å²) in [4.78, 5) is 58.7. The summed E-state index contributed by atoms with van der Waals surface area (Å²) in [6, 6.07) is -0.623. The molecule has 0 saturated carbocycles. The van der Waals surface area contributed by atoms with Gasteiger partial charge in [0.05, 0.1) is 12.8 Å². The lowest BCUT2D eigenvalue weighted by Crippen LogP contribution is -2.43. The van der Waals surface area contributed by atoms with E-state index in [9.17, 15) is 24.0 Å². The number of aromatic nitrogens is 2. The van der Waals surface area contributed by atoms with Crippen LogP contribution in [0.5, 0.6) is 0 Å². The minimum atomic E-state index is -1.59. The second-order valence-electron chi connectivity index (χ2n) is 3.85. The first-order valence-corrected chi connectivity index (χ1v) is 5.34. The summed E-state index contributed by atoms with van der Waals surface area (Å²) in [7, 11) is 0. The molecule has 0 radical (unpaired) electrons. The Morgan fingerprint density at radius 2 is 1.85 bits per heavy atom. The van der Waals surface area contributed by atoms with Gasteiger partial charge >= 0.3 is 17.6 Å². The van der Waals surface area contributed by atoms with Crippen LogP contribution in [-0.2, 0) is 20.8 Å². The van der Waals surface area contributed by atoms with Crippen LogP contribution >= 0.6 is 0 Å². The lowest BCUT2D eigenvalue weighted by molar-refractivity contribution is -0.147. The highest BCUT2D eigenvalue weighted by atomic mass is 16.4. The van der Waals surface area contributed by atoms with Crippen molar-refractivity contribution in [2.45, 2.75) is 18.9 Å². The molecule has 0 saturated heterocycles. The molecule has 10 nitrogen and oxygen atoms in total. The Morgan fingerprint density at radius 3 is 2.35 bits per heavy atom. The molecule has 0 aromatic carbocycles. The van der Waals surface area contributed by atoms with Crippen LogP contribution in [0.1, 0.15) is 12.1 Å². The van der Waals surface area contributed by atoms with Crippen molar-refractivity contribution in [2.24, 2.45) is 0 Å². The summed E-state index contributed by atoms with van der Waals surface area (Å²) >= 11 is 0. The van der Waals surface area contributed by atoms with Crippen LogP contribution in [0.15, 0.2) is 15.7 Å². The summed E-state index contributed by atoms with van der Waals surface area (Å²) in [6.07, 6.45) is -1.24. The van der Waals surface area contributed by atoms with Gasteiger partial charge in [0.1, 0.15) is 6.04 Å². The normalized spacial score (nSPS) is 11.6. The zero-order chi connectivity index (χ0) is 15.3. The Labute approximate surface area is 110 Å². The van der Waals surface area contributed by atoms with E-state index in [2.05, 4.69) is 4.98 Å². The van der Waals surface area contributed by atoms with Gasteiger partial charge in [0.15, 0.2) is 0 Å². The van der Waals surface area contributed by atoms with Crippen LogP contribution < -0.4 is 16.6 Å². The molecule has 1 amide bonds. The van der Waals surface area contributed by atoms with Crippen LogP contribution in [0.4, 0.5) is 0 Å². The van der Waals surface area contributed by atoms with E-state index >= 15 is 0 Å². The molecule has 0 spiro atoms. The molecule has 1 atom stereocenters. The molecule has 10 heteroatoms. The molecule has 0 unspecified atom stereocenters. The topological polar surface area (TPSA) is 169 Å². The van der Waals surface area contributed by atoms with E-state index in [1.807, 2.05) is 10.3 Å². The van der Waals surface area contributed by atoms with Crippen LogP contribution in [0.2, 0.25) is 0 Å². The molecule has 0 bridgehead atoms. The molecule has 0 aliphatic heterocycles. The minimum absolute atomic E-state index is 0.0179. The number of hydrogen-bond donors (Lipinski definition) is 5. The number of carbonyl (C=O) groups is 3. The van der Waals surface area contributed by atoms with Gasteiger partial charge in [0.25, 0.3) is 5.56 Å². The van der Waals surface area contributed by atoms with Gasteiger partial charge in [-0.1, -0.05) is 0 Å². The molecular formula is C10H11N3O7. The number of amides is 1. The number of carboxylic acid groups (broad SMARTS) is 2. The molecule has 1 heterocycles. The fourth-order valence-electron chi connectivity index (χ4n) is 1.41. The van der Waals surface area contributed by atoms with Crippen molar-refractivity contribution >= 4 is 17.8 Å². The average molecular weight is 285 g/mol. The van der Waals surface area contributed by atoms with Crippen molar-refractivity contribution in [1.82, 2.24) is 15.3 Å². The van der Waals surface area contributed by atoms with Crippen LogP contribution in [0.3, 0.4) is 0 Å². The van der Waals surface area contributed by atoms with Crippen molar-refractivity contribution in [2.75, 3.05) is 0 Å². The Bertz CT molecular complexity index is 616. The number of rotatable bonds is 6. The molecule has 0 aliphatic rings. The Kier molecular flexibility index (Phi) is 4.78. The molecule has 0 fully saturated rings. The van der Waals surface area contributed by atoms with E-state index in [-0.39, 0.29) is 5.69 Å². The number of carboxylic acids is 2. The molecule has 5 N–H and O–H groups in total. The van der Waals surface area contributed by atoms with Crippen molar-refractivity contribution in [3.05, 3.63) is 32.6 Å². The van der Waals surface area contributed by atoms with E-state index in [0.717, 1.165) is 6.07 Å². The molecule has 20 heavy (non-hydrogen) atoms. The first kappa shape index (κ1) is 15.1. The molecular weight excluding hydrogens is 274 g/mol. The average Bonchev–Trinajstić information content (AvgIpc) is 2.25. The molecule has 1 rings (SSSR count). The second kappa shape index (κ2) is 6.31. The summed E-state index contributed by atoms with van der Waals surface area (Å²) in [5.41, 5.74) is -1.53. The summed E-state index contributed by atoms with van der Waals surface area (Å²) in [5.74, 6) is -3.72. The van der Waals surface area contributed by atoms with Gasteiger partial charge in [-0.15, -0.1) is 0 Å². The predicted octanol–water partition coefficient (Wildman–Crippen LogP) is -2.35. The van der Waals surface area contributed by atoms with Crippen LogP contribution in [0, 0.1) is 0 Å². The third-order valence-electron chi connectivity index (χ3n) is 2.18. The maximum atomic E-state index is 11.5. The van der Waals surface area contributed by atoms with Gasteiger partial charge < -0.3 is 20.5 Å². The summed E-state index contributed by atoms with van der Waals surface area (Å²) < 4.78 is 0. The summed E-state index contributed by atoms with van der Waals surface area (Å²) in [6.45, 7) is 0. The smallest absolute Gasteiger partial charge is 0.326 e. The van der Waals surface area contributed by atoms with Crippen molar-refractivity contribution < 1.29 is 24.6 Å². The Balaban J connectivity index is 2.75. The van der Waals surface area contributed by atoms with E-state index in [1.54, 1.807) is 0 Å². The SMILES string of the molecule is O=C(O)C[C@H](NC(=O)Cc1cc(=O)[nH]c(=O)[nH]1)C(=O)O. The van der Waals surface area contributed by atoms with E-state index in [4.69, 9.17) is 10.2 Å². The molecule has 108 valence electrons.